The van der Waals surface area contributed by atoms with Gasteiger partial charge in [0.15, 0.2) is 0 Å². The number of unbranched alkanes of at least 4 members (excludes halogenated alkanes) is 2. The minimum atomic E-state index is -3.54. The number of rotatable bonds is 8. The van der Waals surface area contributed by atoms with E-state index in [1.54, 1.807) is 0 Å². The zero-order valence-corrected chi connectivity index (χ0v) is 11.0. The zero-order valence-electron chi connectivity index (χ0n) is 7.70. The molecule has 0 saturated heterocycles. The molecule has 92 valence electrons. The normalized spacial score (nSPS) is 19.3. The van der Waals surface area contributed by atoms with Crippen LogP contribution in [0.4, 0.5) is 0 Å². The molecule has 0 aliphatic rings. The van der Waals surface area contributed by atoms with Gasteiger partial charge in [-0.1, -0.05) is 0 Å². The van der Waals surface area contributed by atoms with Gasteiger partial charge in [-0.3, -0.25) is 17.5 Å². The van der Waals surface area contributed by atoms with Crippen LogP contribution < -0.4 is 0 Å². The molecule has 10 heteroatoms. The lowest BCUT2D eigenvalue weighted by Gasteiger charge is -2.03. The summed E-state index contributed by atoms with van der Waals surface area (Å²) < 4.78 is 46.8. The smallest absolute Gasteiger partial charge is 0.266 e. The summed E-state index contributed by atoms with van der Waals surface area (Å²) in [6.07, 6.45) is 1.65. The third kappa shape index (κ3) is 14.6. The largest absolute Gasteiger partial charge is 0.285 e. The van der Waals surface area contributed by atoms with E-state index >= 15 is 0 Å². The summed E-state index contributed by atoms with van der Waals surface area (Å²) in [5.41, 5.74) is 0. The summed E-state index contributed by atoms with van der Waals surface area (Å²) in [5, 5.41) is 0. The Hall–Kier alpha value is 0.580. The molecule has 0 aliphatic heterocycles. The van der Waals surface area contributed by atoms with Crippen molar-refractivity contribution < 1.29 is 25.9 Å². The van der Waals surface area contributed by atoms with Gasteiger partial charge in [0.2, 0.25) is 0 Å². The highest BCUT2D eigenvalue weighted by Gasteiger charge is 2.01. The molecule has 0 spiro atoms. The maximum Gasteiger partial charge on any atom is 0.266 e. The quantitative estimate of drug-likeness (QED) is 0.624. The first-order valence-corrected chi connectivity index (χ1v) is 8.67. The first-order valence-electron chi connectivity index (χ1n) is 3.94. The molecule has 0 radical (unpaired) electrons. The second-order valence-electron chi connectivity index (χ2n) is 2.56. The molecule has 0 amide bonds. The predicted octanol–water partition coefficient (Wildman–Crippen LogP) is 0.459. The standard InChI is InChI=1S/C5H12O6S4/c6-14(7,12)10-4-2-1-3-5-11-15(8,9)13/h1-5H2,(H,6,7,12)(H,8,9,13). The SMILES string of the molecule is O=S(O)(=S)OCCCCCOS(=O)(O)=S. The van der Waals surface area contributed by atoms with E-state index in [-0.39, 0.29) is 13.2 Å². The first-order chi connectivity index (χ1) is 6.71. The molecule has 2 atom stereocenters. The van der Waals surface area contributed by atoms with Crippen LogP contribution in [0.5, 0.6) is 0 Å². The monoisotopic (exact) mass is 296 g/mol. The van der Waals surface area contributed by atoms with Crippen LogP contribution in [-0.4, -0.2) is 30.7 Å². The van der Waals surface area contributed by atoms with Gasteiger partial charge < -0.3 is 0 Å². The summed E-state index contributed by atoms with van der Waals surface area (Å²) in [6, 6.07) is 0. The molecule has 0 aliphatic carbocycles. The van der Waals surface area contributed by atoms with E-state index in [0.29, 0.717) is 19.3 Å². The van der Waals surface area contributed by atoms with Gasteiger partial charge in [0.05, 0.1) is 13.2 Å². The van der Waals surface area contributed by atoms with E-state index in [1.165, 1.54) is 0 Å². The van der Waals surface area contributed by atoms with Crippen LogP contribution in [0.25, 0.3) is 0 Å². The van der Waals surface area contributed by atoms with Crippen molar-refractivity contribution in [2.45, 2.75) is 19.3 Å². The van der Waals surface area contributed by atoms with E-state index in [4.69, 9.17) is 9.11 Å². The van der Waals surface area contributed by atoms with Crippen LogP contribution in [0.15, 0.2) is 0 Å². The molecule has 0 aromatic carbocycles. The number of hydrogen-bond donors (Lipinski definition) is 2. The Labute approximate surface area is 98.8 Å². The molecule has 0 fully saturated rings. The van der Waals surface area contributed by atoms with Crippen molar-refractivity contribution in [1.29, 1.82) is 0 Å². The Bertz CT molecular complexity index is 321. The van der Waals surface area contributed by atoms with Crippen molar-refractivity contribution in [3.63, 3.8) is 0 Å². The van der Waals surface area contributed by atoms with Crippen molar-refractivity contribution in [2.75, 3.05) is 13.2 Å². The Kier molecular flexibility index (Phi) is 7.28. The van der Waals surface area contributed by atoms with E-state index in [2.05, 4.69) is 30.7 Å². The van der Waals surface area contributed by atoms with E-state index in [0.717, 1.165) is 0 Å². The summed E-state index contributed by atoms with van der Waals surface area (Å²) in [5.74, 6) is 0. The molecule has 15 heavy (non-hydrogen) atoms. The lowest BCUT2D eigenvalue weighted by Crippen LogP contribution is -2.05. The van der Waals surface area contributed by atoms with E-state index < -0.39 is 18.1 Å². The fraction of sp³-hybridized carbons (Fsp3) is 1.00. The van der Waals surface area contributed by atoms with Crippen molar-refractivity contribution >= 4 is 40.5 Å². The van der Waals surface area contributed by atoms with Crippen molar-refractivity contribution in [3.8, 4) is 0 Å². The van der Waals surface area contributed by atoms with Gasteiger partial charge in [-0.25, -0.2) is 0 Å². The molecule has 6 nitrogen and oxygen atoms in total. The molecule has 0 bridgehead atoms. The summed E-state index contributed by atoms with van der Waals surface area (Å²) in [6.45, 7) is 0.141. The topological polar surface area (TPSA) is 93.1 Å². The highest BCUT2D eigenvalue weighted by Crippen LogP contribution is 2.00. The average Bonchev–Trinajstić information content (AvgIpc) is 1.98. The van der Waals surface area contributed by atoms with Crippen LogP contribution in [0.2, 0.25) is 0 Å². The summed E-state index contributed by atoms with van der Waals surface area (Å²) in [4.78, 5) is 0. The Morgan fingerprint density at radius 1 is 0.867 bits per heavy atom. The van der Waals surface area contributed by atoms with Gasteiger partial charge in [0.1, 0.15) is 0 Å². The van der Waals surface area contributed by atoms with E-state index in [1.807, 2.05) is 0 Å². The van der Waals surface area contributed by atoms with Gasteiger partial charge in [0.25, 0.3) is 18.1 Å². The molecule has 0 rings (SSSR count). The third-order valence-corrected chi connectivity index (χ3v) is 2.76. The molecule has 2 unspecified atom stereocenters. The van der Waals surface area contributed by atoms with Crippen LogP contribution in [0, 0.1) is 0 Å². The Morgan fingerprint density at radius 3 is 1.47 bits per heavy atom. The second-order valence-corrected chi connectivity index (χ2v) is 7.27. The summed E-state index contributed by atoms with van der Waals surface area (Å²) in [7, 11) is -7.08. The molecule has 0 saturated carbocycles. The van der Waals surface area contributed by atoms with Crippen molar-refractivity contribution in [3.05, 3.63) is 0 Å². The maximum absolute atomic E-state index is 10.4. The molecule has 0 heterocycles. The molecule has 0 aromatic rings. The molecular weight excluding hydrogens is 284 g/mol. The lowest BCUT2D eigenvalue weighted by atomic mass is 10.2. The van der Waals surface area contributed by atoms with Gasteiger partial charge in [0, 0.05) is 22.4 Å². The van der Waals surface area contributed by atoms with Crippen molar-refractivity contribution in [2.24, 2.45) is 0 Å². The molecular formula is C5H12O6S4. The lowest BCUT2D eigenvalue weighted by molar-refractivity contribution is 0.273. The Balaban J connectivity index is 3.34. The summed E-state index contributed by atoms with van der Waals surface area (Å²) >= 11 is 8.17. The third-order valence-electron chi connectivity index (χ3n) is 1.25. The highest BCUT2D eigenvalue weighted by atomic mass is 32.9. The molecule has 0 aromatic heterocycles. The van der Waals surface area contributed by atoms with Gasteiger partial charge in [-0.2, -0.15) is 8.42 Å². The predicted molar refractivity (Wildman–Crippen MR) is 62.0 cm³/mol. The molecule has 2 N–H and O–H groups in total. The first kappa shape index (κ1) is 15.6. The second kappa shape index (κ2) is 7.01. The zero-order chi connectivity index (χ0) is 11.9. The average molecular weight is 296 g/mol. The fourth-order valence-electron chi connectivity index (χ4n) is 0.709. The van der Waals surface area contributed by atoms with Gasteiger partial charge in [-0.05, 0) is 19.3 Å². The van der Waals surface area contributed by atoms with E-state index in [9.17, 15) is 8.42 Å². The van der Waals surface area contributed by atoms with Crippen LogP contribution in [-0.2, 0) is 48.8 Å². The fourth-order valence-corrected chi connectivity index (χ4v) is 1.77. The van der Waals surface area contributed by atoms with Crippen LogP contribution >= 0.6 is 0 Å². The van der Waals surface area contributed by atoms with Crippen LogP contribution in [0.1, 0.15) is 19.3 Å². The maximum atomic E-state index is 10.4. The minimum absolute atomic E-state index is 0.0706. The van der Waals surface area contributed by atoms with Gasteiger partial charge in [-0.15, -0.1) is 0 Å². The van der Waals surface area contributed by atoms with Crippen LogP contribution in [0.3, 0.4) is 0 Å². The highest BCUT2D eigenvalue weighted by molar-refractivity contribution is 8.27. The Morgan fingerprint density at radius 2 is 1.20 bits per heavy atom. The number of hydrogen-bond acceptors (Lipinski definition) is 6. The van der Waals surface area contributed by atoms with Gasteiger partial charge >= 0.3 is 0 Å². The minimum Gasteiger partial charge on any atom is -0.285 e. The van der Waals surface area contributed by atoms with Crippen molar-refractivity contribution in [1.82, 2.24) is 0 Å².